The number of nitrogens with zero attached hydrogens (tertiary/aromatic N) is 4. The number of benzene rings is 1. The number of imidazole rings is 1. The lowest BCUT2D eigenvalue weighted by molar-refractivity contribution is -0.137. The fraction of sp³-hybridized carbons (Fsp3) is 0.133. The first-order valence-corrected chi connectivity index (χ1v) is 8.70. The lowest BCUT2D eigenvalue weighted by Gasteiger charge is -2.10. The molecular formula is C15H10BrF3N4S. The molecule has 0 bridgehead atoms. The number of rotatable bonds is 3. The molecule has 0 radical (unpaired) electrons. The lowest BCUT2D eigenvalue weighted by atomic mass is 10.1. The summed E-state index contributed by atoms with van der Waals surface area (Å²) in [6.07, 6.45) is 0.683. The van der Waals surface area contributed by atoms with Gasteiger partial charge in [0.1, 0.15) is 16.2 Å². The Morgan fingerprint density at radius 1 is 1.17 bits per heavy atom. The molecule has 2 heterocycles. The van der Waals surface area contributed by atoms with Crippen LogP contribution in [0.3, 0.4) is 0 Å². The van der Waals surface area contributed by atoms with Crippen LogP contribution in [0.1, 0.15) is 5.56 Å². The van der Waals surface area contributed by atoms with Gasteiger partial charge in [0.2, 0.25) is 0 Å². The van der Waals surface area contributed by atoms with Crippen molar-refractivity contribution in [3.8, 4) is 17.2 Å². The smallest absolute Gasteiger partial charge is 0.283 e. The highest BCUT2D eigenvalue weighted by Crippen LogP contribution is 2.33. The number of alkyl halides is 3. The molecule has 0 saturated heterocycles. The van der Waals surface area contributed by atoms with Gasteiger partial charge in [-0.2, -0.15) is 13.2 Å². The number of thioether (sulfide) groups is 1. The number of hydrogen-bond donors (Lipinski definition) is 0. The van der Waals surface area contributed by atoms with Crippen LogP contribution in [0.15, 0.2) is 52.5 Å². The predicted octanol–water partition coefficient (Wildman–Crippen LogP) is 4.83. The largest absolute Gasteiger partial charge is 0.416 e. The van der Waals surface area contributed by atoms with E-state index in [0.717, 1.165) is 12.1 Å². The Balaban J connectivity index is 2.13. The van der Waals surface area contributed by atoms with Crippen LogP contribution in [0.2, 0.25) is 0 Å². The zero-order valence-corrected chi connectivity index (χ0v) is 14.7. The van der Waals surface area contributed by atoms with Gasteiger partial charge in [-0.15, -0.1) is 0 Å². The summed E-state index contributed by atoms with van der Waals surface area (Å²) in [7, 11) is 0. The molecule has 0 unspecified atom stereocenters. The van der Waals surface area contributed by atoms with E-state index in [2.05, 4.69) is 30.9 Å². The summed E-state index contributed by atoms with van der Waals surface area (Å²) in [4.78, 5) is 12.7. The SMILES string of the molecule is CSc1nccc(-n2cc(Br)nc2-c2cccc(C(F)(F)F)c2)n1. The van der Waals surface area contributed by atoms with Crippen molar-refractivity contribution in [2.75, 3.05) is 6.26 Å². The van der Waals surface area contributed by atoms with Gasteiger partial charge in [-0.1, -0.05) is 23.9 Å². The Kier molecular flexibility index (Phi) is 4.64. The molecule has 0 spiro atoms. The molecule has 3 aromatic rings. The van der Waals surface area contributed by atoms with Crippen LogP contribution in [-0.2, 0) is 6.18 Å². The quantitative estimate of drug-likeness (QED) is 0.454. The third kappa shape index (κ3) is 3.46. The topological polar surface area (TPSA) is 43.6 Å². The molecule has 3 rings (SSSR count). The van der Waals surface area contributed by atoms with Gasteiger partial charge in [-0.05, 0) is 40.4 Å². The third-order valence-electron chi connectivity index (χ3n) is 3.17. The maximum atomic E-state index is 13.0. The first kappa shape index (κ1) is 17.0. The van der Waals surface area contributed by atoms with Gasteiger partial charge in [-0.3, -0.25) is 4.57 Å². The Hall–Kier alpha value is -1.87. The van der Waals surface area contributed by atoms with Gasteiger partial charge in [0.05, 0.1) is 5.56 Å². The van der Waals surface area contributed by atoms with Crippen molar-refractivity contribution in [3.63, 3.8) is 0 Å². The van der Waals surface area contributed by atoms with E-state index < -0.39 is 11.7 Å². The first-order valence-electron chi connectivity index (χ1n) is 6.68. The molecule has 0 atom stereocenters. The van der Waals surface area contributed by atoms with Crippen molar-refractivity contribution in [2.24, 2.45) is 0 Å². The second-order valence-corrected chi connectivity index (χ2v) is 6.32. The second-order valence-electron chi connectivity index (χ2n) is 4.74. The van der Waals surface area contributed by atoms with Crippen LogP contribution in [0, 0.1) is 0 Å². The van der Waals surface area contributed by atoms with Crippen molar-refractivity contribution in [1.29, 1.82) is 0 Å². The van der Waals surface area contributed by atoms with Gasteiger partial charge >= 0.3 is 6.18 Å². The molecule has 9 heteroatoms. The first-order chi connectivity index (χ1) is 11.4. The van der Waals surface area contributed by atoms with E-state index in [1.165, 1.54) is 17.8 Å². The highest BCUT2D eigenvalue weighted by molar-refractivity contribution is 9.10. The molecule has 0 aliphatic carbocycles. The van der Waals surface area contributed by atoms with Crippen LogP contribution < -0.4 is 0 Å². The van der Waals surface area contributed by atoms with E-state index in [0.29, 0.717) is 27.0 Å². The third-order valence-corrected chi connectivity index (χ3v) is 4.12. The molecule has 0 amide bonds. The highest BCUT2D eigenvalue weighted by Gasteiger charge is 2.30. The number of hydrogen-bond acceptors (Lipinski definition) is 4. The molecule has 0 aliphatic rings. The minimum Gasteiger partial charge on any atom is -0.283 e. The Morgan fingerprint density at radius 3 is 2.67 bits per heavy atom. The number of aromatic nitrogens is 4. The summed E-state index contributed by atoms with van der Waals surface area (Å²) in [6.45, 7) is 0. The minimum absolute atomic E-state index is 0.347. The molecule has 0 aliphatic heterocycles. The average molecular weight is 415 g/mol. The normalized spacial score (nSPS) is 11.7. The fourth-order valence-corrected chi connectivity index (χ4v) is 2.85. The zero-order valence-electron chi connectivity index (χ0n) is 12.3. The van der Waals surface area contributed by atoms with E-state index in [1.54, 1.807) is 29.1 Å². The van der Waals surface area contributed by atoms with E-state index in [4.69, 9.17) is 0 Å². The van der Waals surface area contributed by atoms with Gasteiger partial charge in [0, 0.05) is 18.0 Å². The molecule has 2 aromatic heterocycles. The van der Waals surface area contributed by atoms with Gasteiger partial charge in [0.15, 0.2) is 5.16 Å². The van der Waals surface area contributed by atoms with Gasteiger partial charge < -0.3 is 0 Å². The molecule has 0 fully saturated rings. The van der Waals surface area contributed by atoms with Crippen LogP contribution >= 0.6 is 27.7 Å². The van der Waals surface area contributed by atoms with Crippen molar-refractivity contribution in [1.82, 2.24) is 19.5 Å². The fourth-order valence-electron chi connectivity index (χ4n) is 2.13. The van der Waals surface area contributed by atoms with Gasteiger partial charge in [-0.25, -0.2) is 15.0 Å². The molecule has 4 nitrogen and oxygen atoms in total. The van der Waals surface area contributed by atoms with E-state index in [1.807, 2.05) is 6.26 Å². The standard InChI is InChI=1S/C15H10BrF3N4S/c1-24-14-20-6-5-12(22-14)23-8-11(16)21-13(23)9-3-2-4-10(7-9)15(17,18)19/h2-8H,1H3. The summed E-state index contributed by atoms with van der Waals surface area (Å²) >= 11 is 4.64. The monoisotopic (exact) mass is 414 g/mol. The summed E-state index contributed by atoms with van der Waals surface area (Å²) in [5.41, 5.74) is -0.377. The lowest BCUT2D eigenvalue weighted by Crippen LogP contribution is -2.05. The highest BCUT2D eigenvalue weighted by atomic mass is 79.9. The van der Waals surface area contributed by atoms with Crippen LogP contribution in [0.4, 0.5) is 13.2 Å². The molecule has 124 valence electrons. The maximum absolute atomic E-state index is 13.0. The van der Waals surface area contributed by atoms with Crippen molar-refractivity contribution < 1.29 is 13.2 Å². The van der Waals surface area contributed by atoms with Crippen molar-refractivity contribution in [3.05, 3.63) is 52.9 Å². The van der Waals surface area contributed by atoms with E-state index >= 15 is 0 Å². The molecule has 0 N–H and O–H groups in total. The van der Waals surface area contributed by atoms with Crippen molar-refractivity contribution >= 4 is 27.7 Å². The Morgan fingerprint density at radius 2 is 1.96 bits per heavy atom. The molecule has 0 saturated carbocycles. The Bertz CT molecular complexity index is 879. The van der Waals surface area contributed by atoms with Crippen molar-refractivity contribution in [2.45, 2.75) is 11.3 Å². The summed E-state index contributed by atoms with van der Waals surface area (Å²) in [5, 5.41) is 0.562. The number of halogens is 4. The molecule has 1 aromatic carbocycles. The van der Waals surface area contributed by atoms with E-state index in [9.17, 15) is 13.2 Å². The zero-order chi connectivity index (χ0) is 17.3. The van der Waals surface area contributed by atoms with E-state index in [-0.39, 0.29) is 0 Å². The minimum atomic E-state index is -4.41. The predicted molar refractivity (Wildman–Crippen MR) is 89.1 cm³/mol. The summed E-state index contributed by atoms with van der Waals surface area (Å²) in [5.74, 6) is 0.888. The summed E-state index contributed by atoms with van der Waals surface area (Å²) < 4.78 is 41.0. The van der Waals surface area contributed by atoms with Gasteiger partial charge in [0.25, 0.3) is 0 Å². The maximum Gasteiger partial charge on any atom is 0.416 e. The second kappa shape index (κ2) is 6.56. The molecular weight excluding hydrogens is 405 g/mol. The van der Waals surface area contributed by atoms with Crippen LogP contribution in [-0.4, -0.2) is 25.8 Å². The average Bonchev–Trinajstić information content (AvgIpc) is 2.96. The van der Waals surface area contributed by atoms with Crippen LogP contribution in [0.5, 0.6) is 0 Å². The summed E-state index contributed by atoms with van der Waals surface area (Å²) in [6, 6.07) is 6.71. The Labute approximate surface area is 148 Å². The molecule has 24 heavy (non-hydrogen) atoms. The van der Waals surface area contributed by atoms with Crippen LogP contribution in [0.25, 0.3) is 17.2 Å².